The fourth-order valence-electron chi connectivity index (χ4n) is 3.38. The number of benzene rings is 2. The third-order valence-electron chi connectivity index (χ3n) is 4.72. The lowest BCUT2D eigenvalue weighted by Gasteiger charge is -2.30. The standard InChI is InChI=1S/C22H21N3O2/c1-27-19-9-4-8-18(15-19)24-22(26)17-11-12-23-21(14-17)25-13-5-7-16-6-2-3-10-20(16)25/h2-4,6,8-12,14-15H,5,7,13H2,1H3,(H,24,26). The zero-order chi connectivity index (χ0) is 18.6. The number of carbonyl (C=O) groups excluding carboxylic acids is 1. The molecular formula is C22H21N3O2. The van der Waals surface area contributed by atoms with Crippen molar-refractivity contribution in [3.05, 3.63) is 78.0 Å². The predicted molar refractivity (Wildman–Crippen MR) is 107 cm³/mol. The lowest BCUT2D eigenvalue weighted by molar-refractivity contribution is 0.102. The molecule has 4 rings (SSSR count). The van der Waals surface area contributed by atoms with Crippen LogP contribution in [-0.2, 0) is 6.42 Å². The van der Waals surface area contributed by atoms with Gasteiger partial charge in [-0.3, -0.25) is 4.79 Å². The molecule has 0 atom stereocenters. The van der Waals surface area contributed by atoms with E-state index in [9.17, 15) is 4.79 Å². The largest absolute Gasteiger partial charge is 0.497 e. The normalized spacial score (nSPS) is 13.0. The van der Waals surface area contributed by atoms with Crippen LogP contribution < -0.4 is 15.0 Å². The van der Waals surface area contributed by atoms with Crippen LogP contribution in [0.1, 0.15) is 22.3 Å². The Bertz CT molecular complexity index is 971. The van der Waals surface area contributed by atoms with Crippen LogP contribution >= 0.6 is 0 Å². The number of rotatable bonds is 4. The average Bonchev–Trinajstić information content (AvgIpc) is 2.73. The molecular weight excluding hydrogens is 338 g/mol. The summed E-state index contributed by atoms with van der Waals surface area (Å²) in [4.78, 5) is 19.4. The van der Waals surface area contributed by atoms with Gasteiger partial charge in [-0.2, -0.15) is 0 Å². The van der Waals surface area contributed by atoms with E-state index in [4.69, 9.17) is 4.74 Å². The van der Waals surface area contributed by atoms with Crippen LogP contribution in [0.4, 0.5) is 17.2 Å². The van der Waals surface area contributed by atoms with Gasteiger partial charge in [-0.15, -0.1) is 0 Å². The predicted octanol–water partition coefficient (Wildman–Crippen LogP) is 4.43. The smallest absolute Gasteiger partial charge is 0.255 e. The highest BCUT2D eigenvalue weighted by atomic mass is 16.5. The SMILES string of the molecule is COc1cccc(NC(=O)c2ccnc(N3CCCc4ccccc43)c2)c1. The first kappa shape index (κ1) is 17.1. The van der Waals surface area contributed by atoms with Gasteiger partial charge in [0.05, 0.1) is 7.11 Å². The van der Waals surface area contributed by atoms with Gasteiger partial charge in [0.2, 0.25) is 0 Å². The number of hydrogen-bond donors (Lipinski definition) is 1. The van der Waals surface area contributed by atoms with Crippen molar-refractivity contribution >= 4 is 23.1 Å². The summed E-state index contributed by atoms with van der Waals surface area (Å²) in [6.45, 7) is 0.894. The van der Waals surface area contributed by atoms with Gasteiger partial charge in [0.1, 0.15) is 11.6 Å². The minimum absolute atomic E-state index is 0.169. The number of aryl methyl sites for hydroxylation is 1. The van der Waals surface area contributed by atoms with Gasteiger partial charge in [-0.25, -0.2) is 4.98 Å². The zero-order valence-corrected chi connectivity index (χ0v) is 15.2. The van der Waals surface area contributed by atoms with Crippen molar-refractivity contribution in [2.75, 3.05) is 23.9 Å². The van der Waals surface area contributed by atoms with Crippen LogP contribution in [0.3, 0.4) is 0 Å². The Morgan fingerprint density at radius 1 is 1.11 bits per heavy atom. The molecule has 27 heavy (non-hydrogen) atoms. The van der Waals surface area contributed by atoms with Crippen LogP contribution in [-0.4, -0.2) is 24.5 Å². The first-order valence-corrected chi connectivity index (χ1v) is 9.01. The summed E-state index contributed by atoms with van der Waals surface area (Å²) in [5.41, 5.74) is 3.75. The molecule has 1 amide bonds. The topological polar surface area (TPSA) is 54.5 Å². The Kier molecular flexibility index (Phi) is 4.75. The van der Waals surface area contributed by atoms with E-state index in [1.807, 2.05) is 30.3 Å². The molecule has 1 aliphatic rings. The molecule has 3 aromatic rings. The number of nitrogens with one attached hydrogen (secondary N) is 1. The number of fused-ring (bicyclic) bond motifs is 1. The van der Waals surface area contributed by atoms with Gasteiger partial charge in [0.25, 0.3) is 5.91 Å². The van der Waals surface area contributed by atoms with Gasteiger partial charge in [-0.05, 0) is 48.7 Å². The zero-order valence-electron chi connectivity index (χ0n) is 15.2. The van der Waals surface area contributed by atoms with Gasteiger partial charge < -0.3 is 15.0 Å². The van der Waals surface area contributed by atoms with E-state index < -0.39 is 0 Å². The number of amides is 1. The maximum Gasteiger partial charge on any atom is 0.255 e. The molecule has 0 radical (unpaired) electrons. The van der Waals surface area contributed by atoms with Gasteiger partial charge in [0, 0.05) is 35.7 Å². The molecule has 2 heterocycles. The molecule has 0 bridgehead atoms. The van der Waals surface area contributed by atoms with Gasteiger partial charge in [0.15, 0.2) is 0 Å². The highest BCUT2D eigenvalue weighted by Gasteiger charge is 2.19. The number of ether oxygens (including phenoxy) is 1. The summed E-state index contributed by atoms with van der Waals surface area (Å²) in [5, 5.41) is 2.92. The Morgan fingerprint density at radius 3 is 2.89 bits per heavy atom. The van der Waals surface area contributed by atoms with Crippen LogP contribution in [0.2, 0.25) is 0 Å². The molecule has 0 unspecified atom stereocenters. The summed E-state index contributed by atoms with van der Waals surface area (Å²) in [6.07, 6.45) is 3.83. The van der Waals surface area contributed by atoms with Gasteiger partial charge in [-0.1, -0.05) is 24.3 Å². The van der Waals surface area contributed by atoms with E-state index in [0.717, 1.165) is 25.2 Å². The molecule has 5 nitrogen and oxygen atoms in total. The number of anilines is 3. The van der Waals surface area contributed by atoms with E-state index >= 15 is 0 Å². The molecule has 1 N–H and O–H groups in total. The Morgan fingerprint density at radius 2 is 2.00 bits per heavy atom. The molecule has 136 valence electrons. The van der Waals surface area contributed by atoms with E-state index in [2.05, 4.69) is 33.4 Å². The Balaban J connectivity index is 1.59. The first-order valence-electron chi connectivity index (χ1n) is 9.01. The number of carbonyl (C=O) groups is 1. The molecule has 1 aromatic heterocycles. The first-order chi connectivity index (χ1) is 13.2. The minimum atomic E-state index is -0.169. The fraction of sp³-hybridized carbons (Fsp3) is 0.182. The number of para-hydroxylation sites is 1. The summed E-state index contributed by atoms with van der Waals surface area (Å²) < 4.78 is 5.21. The molecule has 5 heteroatoms. The summed E-state index contributed by atoms with van der Waals surface area (Å²) in [5.74, 6) is 1.32. The number of methoxy groups -OCH3 is 1. The summed E-state index contributed by atoms with van der Waals surface area (Å²) in [6, 6.07) is 19.3. The molecule has 0 aliphatic carbocycles. The summed E-state index contributed by atoms with van der Waals surface area (Å²) in [7, 11) is 1.60. The van der Waals surface area contributed by atoms with Crippen molar-refractivity contribution in [3.63, 3.8) is 0 Å². The molecule has 1 aliphatic heterocycles. The highest BCUT2D eigenvalue weighted by Crippen LogP contribution is 2.32. The second-order valence-electron chi connectivity index (χ2n) is 6.47. The van der Waals surface area contributed by atoms with Crippen molar-refractivity contribution in [1.29, 1.82) is 0 Å². The second kappa shape index (κ2) is 7.50. The number of hydrogen-bond acceptors (Lipinski definition) is 4. The summed E-state index contributed by atoms with van der Waals surface area (Å²) >= 11 is 0. The van der Waals surface area contributed by atoms with E-state index in [0.29, 0.717) is 17.0 Å². The monoisotopic (exact) mass is 359 g/mol. The number of aromatic nitrogens is 1. The van der Waals surface area contributed by atoms with Gasteiger partial charge >= 0.3 is 0 Å². The van der Waals surface area contributed by atoms with Crippen molar-refractivity contribution in [2.24, 2.45) is 0 Å². The van der Waals surface area contributed by atoms with Crippen LogP contribution in [0.25, 0.3) is 0 Å². The third-order valence-corrected chi connectivity index (χ3v) is 4.72. The average molecular weight is 359 g/mol. The molecule has 0 saturated carbocycles. The van der Waals surface area contributed by atoms with Crippen molar-refractivity contribution in [3.8, 4) is 5.75 Å². The minimum Gasteiger partial charge on any atom is -0.497 e. The van der Waals surface area contributed by atoms with E-state index in [1.54, 1.807) is 25.4 Å². The lowest BCUT2D eigenvalue weighted by Crippen LogP contribution is -2.25. The molecule has 0 spiro atoms. The van der Waals surface area contributed by atoms with Crippen molar-refractivity contribution in [1.82, 2.24) is 4.98 Å². The Labute approximate surface area is 158 Å². The lowest BCUT2D eigenvalue weighted by atomic mass is 10.0. The molecule has 2 aromatic carbocycles. The maximum atomic E-state index is 12.7. The number of nitrogens with zero attached hydrogens (tertiary/aromatic N) is 2. The van der Waals surface area contributed by atoms with Crippen LogP contribution in [0, 0.1) is 0 Å². The van der Waals surface area contributed by atoms with Crippen molar-refractivity contribution in [2.45, 2.75) is 12.8 Å². The Hall–Kier alpha value is -3.34. The van der Waals surface area contributed by atoms with E-state index in [1.165, 1.54) is 11.3 Å². The quantitative estimate of drug-likeness (QED) is 0.749. The number of pyridine rings is 1. The third kappa shape index (κ3) is 3.62. The fourth-order valence-corrected chi connectivity index (χ4v) is 3.38. The van der Waals surface area contributed by atoms with Crippen LogP contribution in [0.15, 0.2) is 66.9 Å². The highest BCUT2D eigenvalue weighted by molar-refractivity contribution is 6.04. The van der Waals surface area contributed by atoms with Crippen molar-refractivity contribution < 1.29 is 9.53 Å². The maximum absolute atomic E-state index is 12.7. The molecule has 0 saturated heterocycles. The van der Waals surface area contributed by atoms with E-state index in [-0.39, 0.29) is 5.91 Å². The second-order valence-corrected chi connectivity index (χ2v) is 6.47. The molecule has 0 fully saturated rings. The van der Waals surface area contributed by atoms with Crippen LogP contribution in [0.5, 0.6) is 5.75 Å².